The van der Waals surface area contributed by atoms with Gasteiger partial charge in [0, 0.05) is 18.8 Å². The van der Waals surface area contributed by atoms with Crippen molar-refractivity contribution in [2.75, 3.05) is 31.2 Å². The molecule has 0 spiro atoms. The van der Waals surface area contributed by atoms with Crippen molar-refractivity contribution in [3.8, 4) is 0 Å². The normalized spacial score (nSPS) is 15.2. The zero-order valence-corrected chi connectivity index (χ0v) is 10.3. The van der Waals surface area contributed by atoms with E-state index in [2.05, 4.69) is 4.90 Å². The number of hydrogen-bond acceptors (Lipinski definition) is 3. The van der Waals surface area contributed by atoms with E-state index < -0.39 is 5.97 Å². The monoisotopic (exact) mass is 257 g/mol. The van der Waals surface area contributed by atoms with Crippen LogP contribution < -0.4 is 4.90 Å². The van der Waals surface area contributed by atoms with E-state index in [-0.39, 0.29) is 18.8 Å². The molecule has 1 aliphatic heterocycles. The molecule has 17 heavy (non-hydrogen) atoms. The molecule has 0 atom stereocenters. The summed E-state index contributed by atoms with van der Waals surface area (Å²) in [6, 6.07) is 7.70. The van der Waals surface area contributed by atoms with E-state index in [4.69, 9.17) is 9.84 Å². The van der Waals surface area contributed by atoms with Crippen LogP contribution in [-0.2, 0) is 16.0 Å². The maximum Gasteiger partial charge on any atom is 0.307 e. The summed E-state index contributed by atoms with van der Waals surface area (Å²) in [6.07, 6.45) is 0.0867. The SMILES string of the molecule is Cl.O=C(O)Cc1ccc(N2CCOCC2)cc1. The number of nitrogens with zero attached hydrogens (tertiary/aromatic N) is 1. The molecule has 0 amide bonds. The Balaban J connectivity index is 0.00000144. The van der Waals surface area contributed by atoms with Gasteiger partial charge in [-0.1, -0.05) is 12.1 Å². The average Bonchev–Trinajstić information content (AvgIpc) is 2.30. The third-order valence-electron chi connectivity index (χ3n) is 2.67. The number of hydrogen-bond donors (Lipinski definition) is 1. The first-order chi connectivity index (χ1) is 7.75. The molecule has 1 N–H and O–H groups in total. The fourth-order valence-electron chi connectivity index (χ4n) is 1.82. The average molecular weight is 258 g/mol. The minimum absolute atomic E-state index is 0. The number of aliphatic carboxylic acids is 1. The van der Waals surface area contributed by atoms with Gasteiger partial charge in [0.05, 0.1) is 19.6 Å². The topological polar surface area (TPSA) is 49.8 Å². The molecule has 0 aromatic heterocycles. The van der Waals surface area contributed by atoms with Crippen molar-refractivity contribution >= 4 is 24.1 Å². The molecule has 94 valence electrons. The number of morpholine rings is 1. The van der Waals surface area contributed by atoms with Gasteiger partial charge in [0.2, 0.25) is 0 Å². The molecule has 1 aliphatic rings. The fourth-order valence-corrected chi connectivity index (χ4v) is 1.82. The lowest BCUT2D eigenvalue weighted by Crippen LogP contribution is -2.36. The van der Waals surface area contributed by atoms with E-state index in [1.165, 1.54) is 0 Å². The smallest absolute Gasteiger partial charge is 0.307 e. The maximum absolute atomic E-state index is 10.5. The highest BCUT2D eigenvalue weighted by molar-refractivity contribution is 5.85. The summed E-state index contributed by atoms with van der Waals surface area (Å²) < 4.78 is 5.28. The van der Waals surface area contributed by atoms with Gasteiger partial charge < -0.3 is 14.7 Å². The lowest BCUT2D eigenvalue weighted by molar-refractivity contribution is -0.136. The van der Waals surface area contributed by atoms with Crippen molar-refractivity contribution in [3.05, 3.63) is 29.8 Å². The molecule has 1 aromatic rings. The van der Waals surface area contributed by atoms with Crippen LogP contribution in [0.1, 0.15) is 5.56 Å². The van der Waals surface area contributed by atoms with E-state index in [1.807, 2.05) is 24.3 Å². The fraction of sp³-hybridized carbons (Fsp3) is 0.417. The molecular weight excluding hydrogens is 242 g/mol. The van der Waals surface area contributed by atoms with Crippen LogP contribution in [0.3, 0.4) is 0 Å². The van der Waals surface area contributed by atoms with Crippen molar-refractivity contribution in [2.24, 2.45) is 0 Å². The first kappa shape index (κ1) is 13.8. The second kappa shape index (κ2) is 6.47. The Morgan fingerprint density at radius 2 is 1.82 bits per heavy atom. The predicted octanol–water partition coefficient (Wildman–Crippen LogP) is 1.57. The van der Waals surface area contributed by atoms with Gasteiger partial charge in [0.1, 0.15) is 0 Å². The van der Waals surface area contributed by atoms with Crippen molar-refractivity contribution < 1.29 is 14.6 Å². The van der Waals surface area contributed by atoms with Crippen molar-refractivity contribution in [1.82, 2.24) is 0 Å². The van der Waals surface area contributed by atoms with E-state index in [0.29, 0.717) is 0 Å². The van der Waals surface area contributed by atoms with Crippen LogP contribution in [0.5, 0.6) is 0 Å². The molecule has 0 unspecified atom stereocenters. The van der Waals surface area contributed by atoms with E-state index in [0.717, 1.165) is 37.6 Å². The minimum atomic E-state index is -0.792. The van der Waals surface area contributed by atoms with Crippen LogP contribution in [-0.4, -0.2) is 37.4 Å². The predicted molar refractivity (Wildman–Crippen MR) is 68.1 cm³/mol. The van der Waals surface area contributed by atoms with E-state index in [9.17, 15) is 4.79 Å². The van der Waals surface area contributed by atoms with Crippen LogP contribution >= 0.6 is 12.4 Å². The third kappa shape index (κ3) is 3.91. The van der Waals surface area contributed by atoms with Crippen LogP contribution in [0.15, 0.2) is 24.3 Å². The summed E-state index contributed by atoms with van der Waals surface area (Å²) in [5, 5.41) is 8.66. The Kier molecular flexibility index (Phi) is 5.25. The first-order valence-corrected chi connectivity index (χ1v) is 5.39. The molecule has 0 saturated carbocycles. The Morgan fingerprint density at radius 3 is 2.35 bits per heavy atom. The summed E-state index contributed by atoms with van der Waals surface area (Å²) in [4.78, 5) is 12.8. The number of halogens is 1. The van der Waals surface area contributed by atoms with Crippen molar-refractivity contribution in [2.45, 2.75) is 6.42 Å². The Hall–Kier alpha value is -1.26. The van der Waals surface area contributed by atoms with Gasteiger partial charge in [-0.2, -0.15) is 0 Å². The molecule has 4 nitrogen and oxygen atoms in total. The molecule has 1 aromatic carbocycles. The third-order valence-corrected chi connectivity index (χ3v) is 2.67. The number of benzene rings is 1. The standard InChI is InChI=1S/C12H15NO3.ClH/c14-12(15)9-10-1-3-11(4-2-10)13-5-7-16-8-6-13;/h1-4H,5-9H2,(H,14,15);1H. The quantitative estimate of drug-likeness (QED) is 0.893. The lowest BCUT2D eigenvalue weighted by Gasteiger charge is -2.28. The summed E-state index contributed by atoms with van der Waals surface area (Å²) in [5.74, 6) is -0.792. The zero-order chi connectivity index (χ0) is 11.4. The van der Waals surface area contributed by atoms with Gasteiger partial charge in [0.15, 0.2) is 0 Å². The number of carboxylic acids is 1. The number of carboxylic acid groups (broad SMARTS) is 1. The summed E-state index contributed by atoms with van der Waals surface area (Å²) in [7, 11) is 0. The van der Waals surface area contributed by atoms with Gasteiger partial charge in [-0.3, -0.25) is 4.79 Å². The first-order valence-electron chi connectivity index (χ1n) is 5.39. The van der Waals surface area contributed by atoms with E-state index >= 15 is 0 Å². The van der Waals surface area contributed by atoms with Gasteiger partial charge in [-0.25, -0.2) is 0 Å². The van der Waals surface area contributed by atoms with Gasteiger partial charge >= 0.3 is 5.97 Å². The Bertz CT molecular complexity index is 361. The van der Waals surface area contributed by atoms with Crippen LogP contribution in [0.25, 0.3) is 0 Å². The van der Waals surface area contributed by atoms with Crippen molar-refractivity contribution in [3.63, 3.8) is 0 Å². The molecule has 0 aliphatic carbocycles. The number of rotatable bonds is 3. The highest BCUT2D eigenvalue weighted by Crippen LogP contribution is 2.16. The lowest BCUT2D eigenvalue weighted by atomic mass is 10.1. The largest absolute Gasteiger partial charge is 0.481 e. The van der Waals surface area contributed by atoms with Crippen LogP contribution in [0.2, 0.25) is 0 Å². The summed E-state index contributed by atoms with van der Waals surface area (Å²) in [5.41, 5.74) is 1.97. The molecule has 2 rings (SSSR count). The molecule has 5 heteroatoms. The Labute approximate surface area is 107 Å². The molecule has 0 radical (unpaired) electrons. The highest BCUT2D eigenvalue weighted by Gasteiger charge is 2.10. The van der Waals surface area contributed by atoms with Gasteiger partial charge in [-0.05, 0) is 17.7 Å². The van der Waals surface area contributed by atoms with Crippen molar-refractivity contribution in [1.29, 1.82) is 0 Å². The number of ether oxygens (including phenoxy) is 1. The van der Waals surface area contributed by atoms with Gasteiger partial charge in [-0.15, -0.1) is 12.4 Å². The molecule has 1 saturated heterocycles. The summed E-state index contributed by atoms with van der Waals surface area (Å²) >= 11 is 0. The van der Waals surface area contributed by atoms with Gasteiger partial charge in [0.25, 0.3) is 0 Å². The second-order valence-electron chi connectivity index (χ2n) is 3.84. The highest BCUT2D eigenvalue weighted by atomic mass is 35.5. The summed E-state index contributed by atoms with van der Waals surface area (Å²) in [6.45, 7) is 3.32. The number of anilines is 1. The molecular formula is C12H16ClNO3. The zero-order valence-electron chi connectivity index (χ0n) is 9.46. The van der Waals surface area contributed by atoms with E-state index in [1.54, 1.807) is 0 Å². The number of carbonyl (C=O) groups is 1. The van der Waals surface area contributed by atoms with Crippen LogP contribution in [0.4, 0.5) is 5.69 Å². The minimum Gasteiger partial charge on any atom is -0.481 e. The molecule has 0 bridgehead atoms. The molecule has 1 heterocycles. The second-order valence-corrected chi connectivity index (χ2v) is 3.84. The Morgan fingerprint density at radius 1 is 1.24 bits per heavy atom. The maximum atomic E-state index is 10.5. The molecule has 1 fully saturated rings. The van der Waals surface area contributed by atoms with Crippen LogP contribution in [0, 0.1) is 0 Å².